The third kappa shape index (κ3) is 3.55. The molecule has 0 spiro atoms. The number of hydrogen-bond acceptors (Lipinski definition) is 2. The minimum atomic E-state index is -1.83. The summed E-state index contributed by atoms with van der Waals surface area (Å²) in [6.45, 7) is 13.8. The van der Waals surface area contributed by atoms with Crippen molar-refractivity contribution in [3.05, 3.63) is 41.0 Å². The molecule has 30 heavy (non-hydrogen) atoms. The summed E-state index contributed by atoms with van der Waals surface area (Å²) in [4.78, 5) is 11.3. The number of aliphatic carboxylic acids is 1. The zero-order valence-electron chi connectivity index (χ0n) is 19.5. The topological polar surface area (TPSA) is 46.5 Å². The Kier molecular flexibility index (Phi) is 5.24. The predicted molar refractivity (Wildman–Crippen MR) is 125 cm³/mol. The minimum Gasteiger partial charge on any atom is -0.543 e. The Morgan fingerprint density at radius 3 is 2.60 bits per heavy atom. The van der Waals surface area contributed by atoms with E-state index in [1.807, 2.05) is 0 Å². The van der Waals surface area contributed by atoms with E-state index < -0.39 is 14.3 Å². The van der Waals surface area contributed by atoms with E-state index in [2.05, 4.69) is 59.0 Å². The van der Waals surface area contributed by atoms with Crippen molar-refractivity contribution in [1.82, 2.24) is 0 Å². The molecule has 3 nitrogen and oxygen atoms in total. The van der Waals surface area contributed by atoms with Crippen LogP contribution in [0, 0.1) is 17.3 Å². The molecule has 3 aliphatic carbocycles. The molecule has 164 valence electrons. The lowest BCUT2D eigenvalue weighted by molar-refractivity contribution is -0.131. The normalized spacial score (nSPS) is 32.3. The number of benzene rings is 1. The second-order valence-electron chi connectivity index (χ2n) is 11.6. The first kappa shape index (κ1) is 21.7. The van der Waals surface area contributed by atoms with Gasteiger partial charge < -0.3 is 9.53 Å². The van der Waals surface area contributed by atoms with Crippen molar-refractivity contribution >= 4 is 14.3 Å². The lowest BCUT2D eigenvalue weighted by Gasteiger charge is -2.49. The van der Waals surface area contributed by atoms with Crippen LogP contribution in [-0.2, 0) is 11.2 Å². The summed E-state index contributed by atoms with van der Waals surface area (Å²) in [5, 5.41) is 9.51. The maximum absolute atomic E-state index is 11.3. The number of fused-ring (bicyclic) bond motifs is 5. The van der Waals surface area contributed by atoms with Gasteiger partial charge >= 0.3 is 5.97 Å². The fraction of sp³-hybridized carbons (Fsp3) is 0.654. The van der Waals surface area contributed by atoms with Crippen molar-refractivity contribution in [2.75, 3.05) is 0 Å². The zero-order chi connectivity index (χ0) is 21.9. The SMILES string of the molecule is CC(C)(C)[Si](C)(C)Oc1ccc2c(c1)CC[C@@H]1[C@@H]2CC[C@]2(C)C(=CC(=O)O)CC[C@@H]12. The van der Waals surface area contributed by atoms with Crippen molar-refractivity contribution < 1.29 is 14.3 Å². The molecule has 1 N–H and O–H groups in total. The van der Waals surface area contributed by atoms with E-state index in [4.69, 9.17) is 4.43 Å². The van der Waals surface area contributed by atoms with Gasteiger partial charge in [-0.15, -0.1) is 0 Å². The highest BCUT2D eigenvalue weighted by molar-refractivity contribution is 6.74. The van der Waals surface area contributed by atoms with E-state index in [1.165, 1.54) is 35.6 Å². The van der Waals surface area contributed by atoms with Crippen LogP contribution in [0.3, 0.4) is 0 Å². The number of carboxylic acids is 1. The Hall–Kier alpha value is -1.55. The molecule has 0 aliphatic heterocycles. The quantitative estimate of drug-likeness (QED) is 0.421. The maximum atomic E-state index is 11.3. The van der Waals surface area contributed by atoms with Gasteiger partial charge in [0.25, 0.3) is 0 Å². The lowest BCUT2D eigenvalue weighted by Crippen LogP contribution is -2.44. The van der Waals surface area contributed by atoms with E-state index in [1.54, 1.807) is 0 Å². The molecule has 4 heteroatoms. The molecule has 0 unspecified atom stereocenters. The van der Waals surface area contributed by atoms with Crippen LogP contribution in [0.1, 0.15) is 76.8 Å². The Balaban J connectivity index is 1.58. The molecule has 0 heterocycles. The van der Waals surface area contributed by atoms with Gasteiger partial charge in [-0.3, -0.25) is 0 Å². The van der Waals surface area contributed by atoms with Gasteiger partial charge in [-0.05, 0) is 103 Å². The van der Waals surface area contributed by atoms with E-state index in [-0.39, 0.29) is 10.5 Å². The van der Waals surface area contributed by atoms with E-state index in [0.717, 1.165) is 31.4 Å². The molecule has 2 saturated carbocycles. The Morgan fingerprint density at radius 2 is 1.93 bits per heavy atom. The number of aryl methyl sites for hydroxylation is 1. The predicted octanol–water partition coefficient (Wildman–Crippen LogP) is 6.94. The summed E-state index contributed by atoms with van der Waals surface area (Å²) in [5.74, 6) is 2.20. The van der Waals surface area contributed by atoms with Gasteiger partial charge in [-0.2, -0.15) is 0 Å². The molecular formula is C26H38O3Si. The van der Waals surface area contributed by atoms with Gasteiger partial charge in [-0.25, -0.2) is 4.79 Å². The van der Waals surface area contributed by atoms with Crippen LogP contribution in [-0.4, -0.2) is 19.4 Å². The van der Waals surface area contributed by atoms with Gasteiger partial charge in [0, 0.05) is 6.08 Å². The van der Waals surface area contributed by atoms with Crippen LogP contribution in [0.15, 0.2) is 29.8 Å². The molecule has 1 aromatic rings. The summed E-state index contributed by atoms with van der Waals surface area (Å²) >= 11 is 0. The monoisotopic (exact) mass is 426 g/mol. The van der Waals surface area contributed by atoms with Gasteiger partial charge in [0.05, 0.1) is 0 Å². The second kappa shape index (κ2) is 7.25. The maximum Gasteiger partial charge on any atom is 0.328 e. The van der Waals surface area contributed by atoms with Gasteiger partial charge in [0.15, 0.2) is 0 Å². The summed E-state index contributed by atoms with van der Waals surface area (Å²) in [6, 6.07) is 6.88. The number of carbonyl (C=O) groups is 1. The van der Waals surface area contributed by atoms with E-state index >= 15 is 0 Å². The number of hydrogen-bond donors (Lipinski definition) is 1. The first-order valence-corrected chi connectivity index (χ1v) is 14.6. The van der Waals surface area contributed by atoms with Crippen molar-refractivity contribution in [1.29, 1.82) is 0 Å². The molecule has 0 radical (unpaired) electrons. The number of rotatable bonds is 3. The molecule has 0 bridgehead atoms. The Morgan fingerprint density at radius 1 is 1.20 bits per heavy atom. The molecule has 0 aromatic heterocycles. The van der Waals surface area contributed by atoms with Crippen molar-refractivity contribution in [2.24, 2.45) is 17.3 Å². The summed E-state index contributed by atoms with van der Waals surface area (Å²) < 4.78 is 6.58. The van der Waals surface area contributed by atoms with Crippen LogP contribution in [0.25, 0.3) is 0 Å². The smallest absolute Gasteiger partial charge is 0.328 e. The fourth-order valence-corrected chi connectivity index (χ4v) is 7.33. The highest BCUT2D eigenvalue weighted by atomic mass is 28.4. The van der Waals surface area contributed by atoms with Crippen LogP contribution in [0.4, 0.5) is 0 Å². The van der Waals surface area contributed by atoms with Crippen LogP contribution >= 0.6 is 0 Å². The van der Waals surface area contributed by atoms with Crippen molar-refractivity contribution in [3.8, 4) is 5.75 Å². The highest BCUT2D eigenvalue weighted by Gasteiger charge is 2.52. The number of allylic oxidation sites excluding steroid dienone is 1. The third-order valence-electron chi connectivity index (χ3n) is 9.02. The lowest BCUT2D eigenvalue weighted by atomic mass is 9.55. The highest BCUT2D eigenvalue weighted by Crippen LogP contribution is 2.62. The average molecular weight is 427 g/mol. The summed E-state index contributed by atoms with van der Waals surface area (Å²) in [5.41, 5.74) is 4.28. The van der Waals surface area contributed by atoms with Crippen molar-refractivity contribution in [3.63, 3.8) is 0 Å². The van der Waals surface area contributed by atoms with Crippen LogP contribution in [0.5, 0.6) is 5.75 Å². The Labute approximate surface area is 183 Å². The van der Waals surface area contributed by atoms with Crippen molar-refractivity contribution in [2.45, 2.75) is 90.3 Å². The molecule has 1 aromatic carbocycles. The largest absolute Gasteiger partial charge is 0.543 e. The standard InChI is InChI=1S/C26H38O3Si/c1-25(2,3)30(5,6)29-19-9-11-20-17(15-19)7-10-22-21(20)13-14-26(4)18(16-24(27)28)8-12-23(22)26/h9,11,15-16,21-23H,7-8,10,12-14H2,1-6H3,(H,27,28)/t21-,22-,23+,26-/m1/s1. The molecule has 4 atom stereocenters. The Bertz CT molecular complexity index is 879. The first-order chi connectivity index (χ1) is 13.9. The molecular weight excluding hydrogens is 388 g/mol. The zero-order valence-corrected chi connectivity index (χ0v) is 20.5. The number of carboxylic acid groups (broad SMARTS) is 1. The van der Waals surface area contributed by atoms with Gasteiger partial charge in [-0.1, -0.05) is 39.3 Å². The van der Waals surface area contributed by atoms with Crippen LogP contribution in [0.2, 0.25) is 18.1 Å². The molecule has 0 amide bonds. The van der Waals surface area contributed by atoms with Crippen LogP contribution < -0.4 is 4.43 Å². The summed E-state index contributed by atoms with van der Waals surface area (Å²) in [7, 11) is -1.83. The molecule has 0 saturated heterocycles. The molecule has 4 rings (SSSR count). The summed E-state index contributed by atoms with van der Waals surface area (Å²) in [6.07, 6.45) is 8.25. The van der Waals surface area contributed by atoms with E-state index in [9.17, 15) is 9.90 Å². The molecule has 3 aliphatic rings. The van der Waals surface area contributed by atoms with Gasteiger partial charge in [0.1, 0.15) is 5.75 Å². The fourth-order valence-electron chi connectivity index (χ4n) is 6.30. The average Bonchev–Trinajstić information content (AvgIpc) is 2.96. The third-order valence-corrected chi connectivity index (χ3v) is 13.4. The minimum absolute atomic E-state index is 0.0858. The molecule has 2 fully saturated rings. The second-order valence-corrected chi connectivity index (χ2v) is 16.4. The van der Waals surface area contributed by atoms with Gasteiger partial charge in [0.2, 0.25) is 8.32 Å². The first-order valence-electron chi connectivity index (χ1n) is 11.7. The van der Waals surface area contributed by atoms with E-state index in [0.29, 0.717) is 17.8 Å².